The monoisotopic (exact) mass is 319 g/mol. The van der Waals surface area contributed by atoms with Crippen LogP contribution in [0.2, 0.25) is 0 Å². The molecular weight excluding hydrogens is 298 g/mol. The van der Waals surface area contributed by atoms with Gasteiger partial charge in [0.2, 0.25) is 5.91 Å². The molecule has 0 fully saturated rings. The van der Waals surface area contributed by atoms with E-state index in [4.69, 9.17) is 4.74 Å². The lowest BCUT2D eigenvalue weighted by atomic mass is 10.3. The van der Waals surface area contributed by atoms with Crippen LogP contribution in [0.1, 0.15) is 20.3 Å². The molecule has 1 amide bonds. The van der Waals surface area contributed by atoms with Crippen molar-refractivity contribution in [3.8, 4) is 0 Å². The third kappa shape index (κ3) is 4.00. The minimum atomic E-state index is -0.359. The molecule has 124 valence electrons. The van der Waals surface area contributed by atoms with Crippen molar-refractivity contribution in [1.82, 2.24) is 14.5 Å². The van der Waals surface area contributed by atoms with Gasteiger partial charge in [-0.05, 0) is 26.0 Å². The van der Waals surface area contributed by atoms with Gasteiger partial charge in [-0.25, -0.2) is 4.79 Å². The predicted molar refractivity (Wildman–Crippen MR) is 86.0 cm³/mol. The SMILES string of the molecule is CC(C)OC(=O)CCNC(=O)Cn1c(=O)n(C)c2ccccc21. The van der Waals surface area contributed by atoms with Crippen LogP contribution >= 0.6 is 0 Å². The fourth-order valence-electron chi connectivity index (χ4n) is 2.34. The lowest BCUT2D eigenvalue weighted by molar-refractivity contribution is -0.147. The van der Waals surface area contributed by atoms with Crippen LogP contribution in [0.3, 0.4) is 0 Å². The molecule has 0 radical (unpaired) electrons. The summed E-state index contributed by atoms with van der Waals surface area (Å²) in [5, 5.41) is 2.63. The molecule has 0 bridgehead atoms. The van der Waals surface area contributed by atoms with E-state index in [0.717, 1.165) is 5.52 Å². The van der Waals surface area contributed by atoms with E-state index in [1.165, 1.54) is 9.13 Å². The number of hydrogen-bond acceptors (Lipinski definition) is 4. The molecule has 0 aliphatic carbocycles. The number of benzene rings is 1. The summed E-state index contributed by atoms with van der Waals surface area (Å²) >= 11 is 0. The van der Waals surface area contributed by atoms with Gasteiger partial charge in [-0.3, -0.25) is 18.7 Å². The summed E-state index contributed by atoms with van der Waals surface area (Å²) in [5.74, 6) is -0.677. The van der Waals surface area contributed by atoms with Crippen molar-refractivity contribution in [2.24, 2.45) is 7.05 Å². The molecule has 2 rings (SSSR count). The molecule has 1 heterocycles. The molecule has 0 unspecified atom stereocenters. The fraction of sp³-hybridized carbons (Fsp3) is 0.438. The average Bonchev–Trinajstić information content (AvgIpc) is 2.72. The molecule has 23 heavy (non-hydrogen) atoms. The standard InChI is InChI=1S/C16H21N3O4/c1-11(2)23-15(21)8-9-17-14(20)10-19-13-7-5-4-6-12(13)18(3)16(19)22/h4-7,11H,8-10H2,1-3H3,(H,17,20). The lowest BCUT2D eigenvalue weighted by Crippen LogP contribution is -2.34. The topological polar surface area (TPSA) is 82.3 Å². The Labute approximate surface area is 133 Å². The Hall–Kier alpha value is -2.57. The first kappa shape index (κ1) is 16.8. The third-order valence-corrected chi connectivity index (χ3v) is 3.37. The zero-order valence-electron chi connectivity index (χ0n) is 13.5. The molecule has 0 spiro atoms. The van der Waals surface area contributed by atoms with Crippen LogP contribution in [0.5, 0.6) is 0 Å². The van der Waals surface area contributed by atoms with Crippen LogP contribution in [0.15, 0.2) is 29.1 Å². The fourth-order valence-corrected chi connectivity index (χ4v) is 2.34. The number of aromatic nitrogens is 2. The minimum absolute atomic E-state index is 0.0839. The van der Waals surface area contributed by atoms with Gasteiger partial charge in [0.05, 0.1) is 23.6 Å². The van der Waals surface area contributed by atoms with Gasteiger partial charge in [-0.15, -0.1) is 0 Å². The highest BCUT2D eigenvalue weighted by atomic mass is 16.5. The third-order valence-electron chi connectivity index (χ3n) is 3.37. The summed E-state index contributed by atoms with van der Waals surface area (Å²) in [6, 6.07) is 7.28. The van der Waals surface area contributed by atoms with Gasteiger partial charge < -0.3 is 10.1 Å². The molecule has 0 saturated carbocycles. The summed E-state index contributed by atoms with van der Waals surface area (Å²) in [4.78, 5) is 35.6. The number of ether oxygens (including phenoxy) is 1. The van der Waals surface area contributed by atoms with Crippen molar-refractivity contribution in [2.45, 2.75) is 32.9 Å². The molecule has 7 heteroatoms. The Morgan fingerprint density at radius 2 is 1.87 bits per heavy atom. The molecular formula is C16H21N3O4. The highest BCUT2D eigenvalue weighted by Gasteiger charge is 2.13. The number of para-hydroxylation sites is 2. The van der Waals surface area contributed by atoms with E-state index in [-0.39, 0.29) is 43.2 Å². The Morgan fingerprint density at radius 3 is 2.52 bits per heavy atom. The number of hydrogen-bond donors (Lipinski definition) is 1. The maximum Gasteiger partial charge on any atom is 0.329 e. The van der Waals surface area contributed by atoms with Crippen LogP contribution in [-0.4, -0.2) is 33.7 Å². The van der Waals surface area contributed by atoms with Gasteiger partial charge in [0, 0.05) is 13.6 Å². The van der Waals surface area contributed by atoms with E-state index >= 15 is 0 Å². The number of carbonyl (C=O) groups excluding carboxylic acids is 2. The Bertz CT molecular complexity index is 773. The smallest absolute Gasteiger partial charge is 0.329 e. The maximum absolute atomic E-state index is 12.2. The van der Waals surface area contributed by atoms with Crippen molar-refractivity contribution in [2.75, 3.05) is 6.54 Å². The van der Waals surface area contributed by atoms with Gasteiger partial charge in [0.15, 0.2) is 0 Å². The minimum Gasteiger partial charge on any atom is -0.463 e. The molecule has 2 aromatic rings. The number of nitrogens with zero attached hydrogens (tertiary/aromatic N) is 2. The van der Waals surface area contributed by atoms with E-state index < -0.39 is 0 Å². The first-order valence-electron chi connectivity index (χ1n) is 7.50. The summed E-state index contributed by atoms with van der Waals surface area (Å²) in [6.45, 7) is 3.64. The van der Waals surface area contributed by atoms with Gasteiger partial charge >= 0.3 is 11.7 Å². The number of rotatable bonds is 6. The number of aryl methyl sites for hydroxylation is 1. The molecule has 1 aromatic heterocycles. The van der Waals surface area contributed by atoms with Crippen LogP contribution in [0, 0.1) is 0 Å². The first-order chi connectivity index (χ1) is 10.9. The highest BCUT2D eigenvalue weighted by molar-refractivity contribution is 5.81. The molecule has 1 aromatic carbocycles. The van der Waals surface area contributed by atoms with E-state index in [9.17, 15) is 14.4 Å². The van der Waals surface area contributed by atoms with Crippen molar-refractivity contribution in [3.63, 3.8) is 0 Å². The quantitative estimate of drug-likeness (QED) is 0.798. The Balaban J connectivity index is 1.98. The molecule has 1 N–H and O–H groups in total. The second-order valence-corrected chi connectivity index (χ2v) is 5.56. The largest absolute Gasteiger partial charge is 0.463 e. The summed E-state index contributed by atoms with van der Waals surface area (Å²) in [6.07, 6.45) is -0.0681. The number of carbonyl (C=O) groups is 2. The van der Waals surface area contributed by atoms with E-state index in [1.54, 1.807) is 27.0 Å². The van der Waals surface area contributed by atoms with Crippen molar-refractivity contribution in [3.05, 3.63) is 34.7 Å². The van der Waals surface area contributed by atoms with Crippen molar-refractivity contribution in [1.29, 1.82) is 0 Å². The lowest BCUT2D eigenvalue weighted by Gasteiger charge is -2.09. The van der Waals surface area contributed by atoms with Crippen LogP contribution in [0.4, 0.5) is 0 Å². The number of imidazole rings is 1. The molecule has 0 saturated heterocycles. The summed E-state index contributed by atoms with van der Waals surface area (Å²) in [7, 11) is 1.67. The Morgan fingerprint density at radius 1 is 1.22 bits per heavy atom. The number of amides is 1. The van der Waals surface area contributed by atoms with E-state index in [1.807, 2.05) is 18.2 Å². The van der Waals surface area contributed by atoms with Crippen molar-refractivity contribution >= 4 is 22.9 Å². The zero-order chi connectivity index (χ0) is 17.0. The summed E-state index contributed by atoms with van der Waals surface area (Å²) in [5.41, 5.74) is 1.22. The zero-order valence-corrected chi connectivity index (χ0v) is 13.5. The van der Waals surface area contributed by atoms with Gasteiger partial charge in [-0.1, -0.05) is 12.1 Å². The maximum atomic E-state index is 12.2. The molecule has 7 nitrogen and oxygen atoms in total. The normalized spacial score (nSPS) is 11.0. The Kier molecular flexibility index (Phi) is 5.20. The average molecular weight is 319 g/mol. The second kappa shape index (κ2) is 7.13. The summed E-state index contributed by atoms with van der Waals surface area (Å²) < 4.78 is 7.90. The number of esters is 1. The first-order valence-corrected chi connectivity index (χ1v) is 7.50. The van der Waals surface area contributed by atoms with Crippen LogP contribution in [0.25, 0.3) is 11.0 Å². The van der Waals surface area contributed by atoms with Gasteiger partial charge in [0.1, 0.15) is 6.54 Å². The van der Waals surface area contributed by atoms with E-state index in [2.05, 4.69) is 5.32 Å². The number of fused-ring (bicyclic) bond motifs is 1. The highest BCUT2D eigenvalue weighted by Crippen LogP contribution is 2.11. The van der Waals surface area contributed by atoms with Crippen LogP contribution in [-0.2, 0) is 27.9 Å². The van der Waals surface area contributed by atoms with Gasteiger partial charge in [0.25, 0.3) is 0 Å². The molecule has 0 aliphatic heterocycles. The van der Waals surface area contributed by atoms with E-state index in [0.29, 0.717) is 5.52 Å². The molecule has 0 atom stereocenters. The second-order valence-electron chi connectivity index (χ2n) is 5.56. The van der Waals surface area contributed by atoms with Gasteiger partial charge in [-0.2, -0.15) is 0 Å². The molecule has 0 aliphatic rings. The van der Waals surface area contributed by atoms with Crippen molar-refractivity contribution < 1.29 is 14.3 Å². The predicted octanol–water partition coefficient (Wildman–Crippen LogP) is 0.798. The van der Waals surface area contributed by atoms with Crippen LogP contribution < -0.4 is 11.0 Å². The number of nitrogens with one attached hydrogen (secondary N) is 1.